The maximum absolute atomic E-state index is 11.5. The monoisotopic (exact) mass is 187 g/mol. The normalized spacial score (nSPS) is 33.3. The van der Waals surface area contributed by atoms with E-state index in [1.807, 2.05) is 0 Å². The molecule has 1 saturated carbocycles. The molecule has 0 spiro atoms. The predicted molar refractivity (Wildman–Crippen MR) is 48.2 cm³/mol. The molecule has 13 heavy (non-hydrogen) atoms. The molecule has 4 heteroatoms. The van der Waals surface area contributed by atoms with Crippen LogP contribution in [-0.4, -0.2) is 37.4 Å². The summed E-state index contributed by atoms with van der Waals surface area (Å²) in [5.74, 6) is -0.267. The van der Waals surface area contributed by atoms with Crippen molar-refractivity contribution in [1.82, 2.24) is 5.32 Å². The predicted octanol–water partition coefficient (Wildman–Crippen LogP) is -0.0900. The molecule has 2 atom stereocenters. The molecule has 2 unspecified atom stereocenters. The number of methoxy groups -OCH3 is 1. The van der Waals surface area contributed by atoms with Gasteiger partial charge in [-0.1, -0.05) is 6.42 Å². The third-order valence-corrected chi connectivity index (χ3v) is 3.04. The lowest BCUT2D eigenvalue weighted by Gasteiger charge is -2.31. The van der Waals surface area contributed by atoms with Crippen LogP contribution in [0.4, 0.5) is 0 Å². The zero-order valence-electron chi connectivity index (χ0n) is 8.17. The standard InChI is InChI=1S/C9H17NO3/c1-10-9(8(12)13-2)5-3-4-7(9)6-11/h7,10-11H,3-6H2,1-2H3. The zero-order chi connectivity index (χ0) is 9.90. The SMILES string of the molecule is CNC1(C(=O)OC)CCCC1CO. The number of hydrogen-bond donors (Lipinski definition) is 2. The highest BCUT2D eigenvalue weighted by Crippen LogP contribution is 2.36. The fraction of sp³-hybridized carbons (Fsp3) is 0.889. The van der Waals surface area contributed by atoms with Crippen molar-refractivity contribution in [3.05, 3.63) is 0 Å². The second kappa shape index (κ2) is 4.07. The molecule has 1 aliphatic rings. The maximum atomic E-state index is 11.5. The summed E-state index contributed by atoms with van der Waals surface area (Å²) in [6, 6.07) is 0. The third-order valence-electron chi connectivity index (χ3n) is 3.04. The number of nitrogens with one attached hydrogen (secondary N) is 1. The van der Waals surface area contributed by atoms with E-state index in [4.69, 9.17) is 9.84 Å². The zero-order valence-corrected chi connectivity index (χ0v) is 8.17. The Bertz CT molecular complexity index is 195. The Kier molecular flexibility index (Phi) is 3.27. The molecule has 0 aromatic rings. The van der Waals surface area contributed by atoms with Gasteiger partial charge < -0.3 is 15.2 Å². The first-order chi connectivity index (χ1) is 6.21. The third kappa shape index (κ3) is 1.56. The fourth-order valence-electron chi connectivity index (χ4n) is 2.21. The lowest BCUT2D eigenvalue weighted by atomic mass is 9.88. The smallest absolute Gasteiger partial charge is 0.326 e. The minimum absolute atomic E-state index is 0.00931. The molecule has 0 heterocycles. The van der Waals surface area contributed by atoms with E-state index >= 15 is 0 Å². The van der Waals surface area contributed by atoms with E-state index in [2.05, 4.69) is 5.32 Å². The molecule has 0 bridgehead atoms. The molecule has 1 fully saturated rings. The molecule has 76 valence electrons. The molecule has 0 radical (unpaired) electrons. The highest BCUT2D eigenvalue weighted by Gasteiger charge is 2.48. The average molecular weight is 187 g/mol. The molecule has 1 rings (SSSR count). The molecule has 0 aromatic carbocycles. The summed E-state index contributed by atoms with van der Waals surface area (Å²) < 4.78 is 4.75. The van der Waals surface area contributed by atoms with Gasteiger partial charge in [-0.15, -0.1) is 0 Å². The van der Waals surface area contributed by atoms with Gasteiger partial charge in [0.1, 0.15) is 5.54 Å². The number of rotatable bonds is 3. The molecular formula is C9H17NO3. The Hall–Kier alpha value is -0.610. The first-order valence-corrected chi connectivity index (χ1v) is 4.59. The van der Waals surface area contributed by atoms with Crippen molar-refractivity contribution >= 4 is 5.97 Å². The number of likely N-dealkylation sites (N-methyl/N-ethyl adjacent to an activating group) is 1. The molecule has 4 nitrogen and oxygen atoms in total. The maximum Gasteiger partial charge on any atom is 0.326 e. The first kappa shape index (κ1) is 10.5. The molecular weight excluding hydrogens is 170 g/mol. The Morgan fingerprint density at radius 1 is 1.77 bits per heavy atom. The van der Waals surface area contributed by atoms with Crippen molar-refractivity contribution in [2.24, 2.45) is 5.92 Å². The van der Waals surface area contributed by atoms with Gasteiger partial charge in [0, 0.05) is 12.5 Å². The number of carbonyl (C=O) groups is 1. The second-order valence-electron chi connectivity index (χ2n) is 3.48. The topological polar surface area (TPSA) is 58.6 Å². The van der Waals surface area contributed by atoms with Crippen LogP contribution >= 0.6 is 0 Å². The van der Waals surface area contributed by atoms with E-state index in [9.17, 15) is 4.79 Å². The number of aliphatic hydroxyl groups excluding tert-OH is 1. The lowest BCUT2D eigenvalue weighted by Crippen LogP contribution is -2.54. The van der Waals surface area contributed by atoms with Crippen LogP contribution in [0, 0.1) is 5.92 Å². The Morgan fingerprint density at radius 2 is 2.46 bits per heavy atom. The van der Waals surface area contributed by atoms with Crippen LogP contribution in [-0.2, 0) is 9.53 Å². The van der Waals surface area contributed by atoms with Gasteiger partial charge in [0.15, 0.2) is 0 Å². The number of aliphatic hydroxyl groups is 1. The van der Waals surface area contributed by atoms with Crippen LogP contribution in [0.15, 0.2) is 0 Å². The quantitative estimate of drug-likeness (QED) is 0.606. The van der Waals surface area contributed by atoms with E-state index < -0.39 is 5.54 Å². The minimum Gasteiger partial charge on any atom is -0.468 e. The molecule has 0 amide bonds. The summed E-state index contributed by atoms with van der Waals surface area (Å²) in [4.78, 5) is 11.5. The van der Waals surface area contributed by atoms with Crippen molar-refractivity contribution in [1.29, 1.82) is 0 Å². The van der Waals surface area contributed by atoms with Crippen LogP contribution in [0.3, 0.4) is 0 Å². The second-order valence-corrected chi connectivity index (χ2v) is 3.48. The molecule has 0 aromatic heterocycles. The highest BCUT2D eigenvalue weighted by molar-refractivity contribution is 5.81. The first-order valence-electron chi connectivity index (χ1n) is 4.59. The van der Waals surface area contributed by atoms with Crippen LogP contribution in [0.25, 0.3) is 0 Å². The summed E-state index contributed by atoms with van der Waals surface area (Å²) in [7, 11) is 3.12. The van der Waals surface area contributed by atoms with Gasteiger partial charge in [-0.25, -0.2) is 0 Å². The minimum atomic E-state index is -0.649. The van der Waals surface area contributed by atoms with E-state index in [0.29, 0.717) is 0 Å². The van der Waals surface area contributed by atoms with Crippen molar-refractivity contribution < 1.29 is 14.6 Å². The van der Waals surface area contributed by atoms with Crippen molar-refractivity contribution in [3.63, 3.8) is 0 Å². The number of ether oxygens (including phenoxy) is 1. The Balaban J connectivity index is 2.83. The highest BCUT2D eigenvalue weighted by atomic mass is 16.5. The Labute approximate surface area is 78.3 Å². The number of esters is 1. The Morgan fingerprint density at radius 3 is 2.92 bits per heavy atom. The van der Waals surface area contributed by atoms with Crippen molar-refractivity contribution in [2.45, 2.75) is 24.8 Å². The molecule has 0 aliphatic heterocycles. The van der Waals surface area contributed by atoms with Gasteiger partial charge in [-0.3, -0.25) is 4.79 Å². The van der Waals surface area contributed by atoms with Gasteiger partial charge >= 0.3 is 5.97 Å². The van der Waals surface area contributed by atoms with Gasteiger partial charge in [-0.05, 0) is 19.9 Å². The van der Waals surface area contributed by atoms with Gasteiger partial charge in [0.05, 0.1) is 7.11 Å². The number of carbonyl (C=O) groups excluding carboxylic acids is 1. The van der Waals surface area contributed by atoms with Crippen molar-refractivity contribution in [2.75, 3.05) is 20.8 Å². The van der Waals surface area contributed by atoms with Crippen LogP contribution < -0.4 is 5.32 Å². The van der Waals surface area contributed by atoms with Crippen molar-refractivity contribution in [3.8, 4) is 0 Å². The lowest BCUT2D eigenvalue weighted by molar-refractivity contribution is -0.150. The van der Waals surface area contributed by atoms with E-state index in [1.165, 1.54) is 7.11 Å². The van der Waals surface area contributed by atoms with Gasteiger partial charge in [0.2, 0.25) is 0 Å². The van der Waals surface area contributed by atoms with Gasteiger partial charge in [0.25, 0.3) is 0 Å². The largest absolute Gasteiger partial charge is 0.468 e. The summed E-state index contributed by atoms with van der Waals surface area (Å²) in [6.07, 6.45) is 2.59. The average Bonchev–Trinajstić information content (AvgIpc) is 2.60. The summed E-state index contributed by atoms with van der Waals surface area (Å²) in [5, 5.41) is 12.1. The fourth-order valence-corrected chi connectivity index (χ4v) is 2.21. The van der Waals surface area contributed by atoms with E-state index in [0.717, 1.165) is 19.3 Å². The summed E-state index contributed by atoms with van der Waals surface area (Å²) in [5.41, 5.74) is -0.649. The molecule has 0 saturated heterocycles. The van der Waals surface area contributed by atoms with Crippen LogP contribution in [0.2, 0.25) is 0 Å². The summed E-state index contributed by atoms with van der Waals surface area (Å²) >= 11 is 0. The van der Waals surface area contributed by atoms with E-state index in [1.54, 1.807) is 7.05 Å². The summed E-state index contributed by atoms with van der Waals surface area (Å²) in [6.45, 7) is 0.0376. The van der Waals surface area contributed by atoms with E-state index in [-0.39, 0.29) is 18.5 Å². The van der Waals surface area contributed by atoms with Crippen LogP contribution in [0.1, 0.15) is 19.3 Å². The molecule has 1 aliphatic carbocycles. The van der Waals surface area contributed by atoms with Gasteiger partial charge in [-0.2, -0.15) is 0 Å². The number of hydrogen-bond acceptors (Lipinski definition) is 4. The van der Waals surface area contributed by atoms with Crippen LogP contribution in [0.5, 0.6) is 0 Å². The molecule has 2 N–H and O–H groups in total.